The summed E-state index contributed by atoms with van der Waals surface area (Å²) in [5.74, 6) is 1.18. The number of thiophene rings is 2. The van der Waals surface area contributed by atoms with Crippen molar-refractivity contribution in [2.75, 3.05) is 12.4 Å². The van der Waals surface area contributed by atoms with Crippen LogP contribution in [0.3, 0.4) is 0 Å². The third-order valence-corrected chi connectivity index (χ3v) is 6.90. The van der Waals surface area contributed by atoms with Crippen LogP contribution in [0.1, 0.15) is 39.0 Å². The van der Waals surface area contributed by atoms with Gasteiger partial charge in [0, 0.05) is 16.0 Å². The van der Waals surface area contributed by atoms with Gasteiger partial charge < -0.3 is 10.1 Å². The first-order valence-electron chi connectivity index (χ1n) is 9.32. The van der Waals surface area contributed by atoms with E-state index < -0.39 is 0 Å². The number of nitrogens with zero attached hydrogens (tertiary/aromatic N) is 1. The largest absolute Gasteiger partial charge is 0.495 e. The summed E-state index contributed by atoms with van der Waals surface area (Å²) in [5, 5.41) is 5.85. The summed E-state index contributed by atoms with van der Waals surface area (Å²) >= 11 is 3.29. The lowest BCUT2D eigenvalue weighted by atomic mass is 9.88. The molecule has 1 aromatic carbocycles. The molecule has 28 heavy (non-hydrogen) atoms. The number of amides is 1. The predicted octanol–water partition coefficient (Wildman–Crippen LogP) is 5.95. The van der Waals surface area contributed by atoms with Crippen LogP contribution in [0.15, 0.2) is 46.8 Å². The van der Waals surface area contributed by atoms with Crippen LogP contribution in [-0.2, 0) is 12.8 Å². The number of benzene rings is 1. The summed E-state index contributed by atoms with van der Waals surface area (Å²) in [5.41, 5.74) is 2.55. The molecule has 0 bridgehead atoms. The van der Waals surface area contributed by atoms with Gasteiger partial charge in [-0.1, -0.05) is 25.1 Å². The molecule has 0 fully saturated rings. The van der Waals surface area contributed by atoms with Crippen molar-refractivity contribution < 1.29 is 9.53 Å². The lowest BCUT2D eigenvalue weighted by Crippen LogP contribution is -2.17. The Kier molecular flexibility index (Phi) is 5.59. The van der Waals surface area contributed by atoms with Gasteiger partial charge in [-0.05, 0) is 54.3 Å². The van der Waals surface area contributed by atoms with Crippen LogP contribution in [0.4, 0.5) is 10.7 Å². The van der Waals surface area contributed by atoms with E-state index in [1.807, 2.05) is 48.0 Å². The van der Waals surface area contributed by atoms with Gasteiger partial charge in [-0.15, -0.1) is 22.7 Å². The van der Waals surface area contributed by atoms with Crippen LogP contribution in [-0.4, -0.2) is 19.2 Å². The van der Waals surface area contributed by atoms with E-state index in [0.717, 1.165) is 34.7 Å². The third-order valence-electron chi connectivity index (χ3n) is 4.93. The molecule has 2 aromatic heterocycles. The highest BCUT2D eigenvalue weighted by atomic mass is 32.1. The van der Waals surface area contributed by atoms with Crippen molar-refractivity contribution in [2.45, 2.75) is 26.2 Å². The second-order valence-electron chi connectivity index (χ2n) is 6.96. The first-order chi connectivity index (χ1) is 13.7. The van der Waals surface area contributed by atoms with E-state index in [2.05, 4.69) is 12.2 Å². The van der Waals surface area contributed by atoms with E-state index in [-0.39, 0.29) is 5.91 Å². The number of carbonyl (C=O) groups excluding carboxylic acids is 1. The monoisotopic (exact) mass is 410 g/mol. The zero-order chi connectivity index (χ0) is 19.5. The quantitative estimate of drug-likeness (QED) is 0.529. The minimum Gasteiger partial charge on any atom is -0.495 e. The number of methoxy groups -OCH3 is 1. The fourth-order valence-electron chi connectivity index (χ4n) is 3.48. The number of aliphatic imine (C=N–C) groups is 1. The topological polar surface area (TPSA) is 50.7 Å². The van der Waals surface area contributed by atoms with Gasteiger partial charge in [-0.25, -0.2) is 4.99 Å². The Bertz CT molecular complexity index is 1010. The van der Waals surface area contributed by atoms with Crippen molar-refractivity contribution in [1.29, 1.82) is 0 Å². The molecule has 0 aliphatic heterocycles. The van der Waals surface area contributed by atoms with Gasteiger partial charge >= 0.3 is 0 Å². The molecule has 3 aromatic rings. The summed E-state index contributed by atoms with van der Waals surface area (Å²) in [4.78, 5) is 20.3. The normalized spacial score (nSPS) is 16.1. The Morgan fingerprint density at radius 2 is 2.14 bits per heavy atom. The summed E-state index contributed by atoms with van der Waals surface area (Å²) in [6.45, 7) is 2.27. The molecule has 4 nitrogen and oxygen atoms in total. The molecule has 1 unspecified atom stereocenters. The summed E-state index contributed by atoms with van der Waals surface area (Å²) in [6.07, 6.45) is 4.90. The zero-order valence-electron chi connectivity index (χ0n) is 15.9. The Morgan fingerprint density at radius 1 is 1.29 bits per heavy atom. The maximum Gasteiger partial charge on any atom is 0.259 e. The highest BCUT2D eigenvalue weighted by Gasteiger charge is 2.27. The molecule has 0 radical (unpaired) electrons. The standard InChI is InChI=1S/C22H22N2O2S2/c1-14-9-10-16-19(12-14)28-22(23-13-15-6-5-11-27-15)20(16)21(25)24-17-7-3-4-8-18(17)26-2/h3-8,11,13-14H,9-10,12H2,1-2H3,(H,24,25). The van der Waals surface area contributed by atoms with E-state index >= 15 is 0 Å². The minimum atomic E-state index is -0.116. The number of rotatable bonds is 5. The highest BCUT2D eigenvalue weighted by Crippen LogP contribution is 2.41. The van der Waals surface area contributed by atoms with Crippen LogP contribution in [0, 0.1) is 5.92 Å². The molecule has 1 N–H and O–H groups in total. The fourth-order valence-corrected chi connectivity index (χ4v) is 5.42. The van der Waals surface area contributed by atoms with Gasteiger partial charge in [0.1, 0.15) is 10.8 Å². The van der Waals surface area contributed by atoms with Crippen LogP contribution < -0.4 is 10.1 Å². The minimum absolute atomic E-state index is 0.116. The number of ether oxygens (including phenoxy) is 1. The van der Waals surface area contributed by atoms with Crippen molar-refractivity contribution in [3.05, 3.63) is 62.7 Å². The number of nitrogens with one attached hydrogen (secondary N) is 1. The molecule has 144 valence electrons. The van der Waals surface area contributed by atoms with Crippen molar-refractivity contribution >= 4 is 45.5 Å². The molecular weight excluding hydrogens is 388 g/mol. The lowest BCUT2D eigenvalue weighted by Gasteiger charge is -2.18. The van der Waals surface area contributed by atoms with Gasteiger partial charge in [-0.3, -0.25) is 4.79 Å². The lowest BCUT2D eigenvalue weighted by molar-refractivity contribution is 0.102. The molecule has 2 heterocycles. The summed E-state index contributed by atoms with van der Waals surface area (Å²) in [7, 11) is 1.61. The van der Waals surface area contributed by atoms with E-state index in [4.69, 9.17) is 9.73 Å². The van der Waals surface area contributed by atoms with Gasteiger partial charge in [0.2, 0.25) is 0 Å². The Balaban J connectivity index is 1.70. The molecule has 1 aliphatic rings. The summed E-state index contributed by atoms with van der Waals surface area (Å²) in [6, 6.07) is 11.5. The highest BCUT2D eigenvalue weighted by molar-refractivity contribution is 7.16. The molecular formula is C22H22N2O2S2. The van der Waals surface area contributed by atoms with Crippen molar-refractivity contribution in [3.63, 3.8) is 0 Å². The van der Waals surface area contributed by atoms with Crippen LogP contribution in [0.5, 0.6) is 5.75 Å². The SMILES string of the molecule is COc1ccccc1NC(=O)c1c(N=Cc2cccs2)sc2c1CCC(C)C2. The molecule has 6 heteroatoms. The van der Waals surface area contributed by atoms with Gasteiger partial charge in [0.25, 0.3) is 5.91 Å². The van der Waals surface area contributed by atoms with Crippen LogP contribution in [0.25, 0.3) is 0 Å². The average molecular weight is 411 g/mol. The van der Waals surface area contributed by atoms with Gasteiger partial charge in [-0.2, -0.15) is 0 Å². The Morgan fingerprint density at radius 3 is 2.93 bits per heavy atom. The number of hydrogen-bond acceptors (Lipinski definition) is 5. The molecule has 0 saturated heterocycles. The number of para-hydroxylation sites is 2. The zero-order valence-corrected chi connectivity index (χ0v) is 17.5. The first kappa shape index (κ1) is 18.9. The van der Waals surface area contributed by atoms with E-state index in [1.54, 1.807) is 29.8 Å². The van der Waals surface area contributed by atoms with Gasteiger partial charge in [0.15, 0.2) is 0 Å². The second kappa shape index (κ2) is 8.29. The maximum atomic E-state index is 13.2. The molecule has 1 aliphatic carbocycles. The van der Waals surface area contributed by atoms with Crippen LogP contribution in [0.2, 0.25) is 0 Å². The molecule has 4 rings (SSSR count). The van der Waals surface area contributed by atoms with Gasteiger partial charge in [0.05, 0.1) is 18.4 Å². The average Bonchev–Trinajstić information content (AvgIpc) is 3.33. The van der Waals surface area contributed by atoms with E-state index in [0.29, 0.717) is 22.9 Å². The number of fused-ring (bicyclic) bond motifs is 1. The Labute approximate surface area is 172 Å². The first-order valence-corrected chi connectivity index (χ1v) is 11.0. The van der Waals surface area contributed by atoms with E-state index in [9.17, 15) is 4.79 Å². The summed E-state index contributed by atoms with van der Waals surface area (Å²) < 4.78 is 5.38. The molecule has 0 saturated carbocycles. The molecule has 0 spiro atoms. The van der Waals surface area contributed by atoms with Crippen molar-refractivity contribution in [1.82, 2.24) is 0 Å². The Hall–Kier alpha value is -2.44. The van der Waals surface area contributed by atoms with Crippen molar-refractivity contribution in [2.24, 2.45) is 10.9 Å². The van der Waals surface area contributed by atoms with Crippen molar-refractivity contribution in [3.8, 4) is 5.75 Å². The van der Waals surface area contributed by atoms with E-state index in [1.165, 1.54) is 4.88 Å². The number of hydrogen-bond donors (Lipinski definition) is 1. The number of carbonyl (C=O) groups is 1. The number of anilines is 1. The third kappa shape index (κ3) is 3.88. The second-order valence-corrected chi connectivity index (χ2v) is 9.02. The molecule has 1 atom stereocenters. The maximum absolute atomic E-state index is 13.2. The van der Waals surface area contributed by atoms with Crippen LogP contribution >= 0.6 is 22.7 Å². The molecule has 1 amide bonds. The smallest absolute Gasteiger partial charge is 0.259 e. The predicted molar refractivity (Wildman–Crippen MR) is 118 cm³/mol. The fraction of sp³-hybridized carbons (Fsp3) is 0.273.